The van der Waals surface area contributed by atoms with Crippen molar-refractivity contribution in [2.24, 2.45) is 0 Å². The Morgan fingerprint density at radius 1 is 1.29 bits per heavy atom. The number of anilines is 1. The first-order valence-electron chi connectivity index (χ1n) is 11.2. The van der Waals surface area contributed by atoms with Crippen molar-refractivity contribution in [3.63, 3.8) is 0 Å². The van der Waals surface area contributed by atoms with Crippen LogP contribution in [0.25, 0.3) is 11.1 Å². The standard InChI is InChI=1S/C24H28N4O4S2/c1-15(2)21-26-27-24(28(21)12-17-10-7-11-32-17)34-14-19(29)25-22-20(23(30)31-3)18(13-33-22)16-8-5-4-6-9-16/h4-6,8-9,13,15,17H,7,10-12,14H2,1-3H3,(H,25,29). The van der Waals surface area contributed by atoms with Gasteiger partial charge < -0.3 is 19.4 Å². The molecule has 4 rings (SSSR count). The van der Waals surface area contributed by atoms with Gasteiger partial charge in [0.25, 0.3) is 0 Å². The van der Waals surface area contributed by atoms with Crippen molar-refractivity contribution in [2.75, 3.05) is 24.8 Å². The number of carbonyl (C=O) groups is 2. The molecule has 34 heavy (non-hydrogen) atoms. The Hall–Kier alpha value is -2.69. The summed E-state index contributed by atoms with van der Waals surface area (Å²) in [5.74, 6) is 0.524. The van der Waals surface area contributed by atoms with Gasteiger partial charge in [-0.05, 0) is 18.4 Å². The number of benzene rings is 1. The molecule has 2 aromatic heterocycles. The van der Waals surface area contributed by atoms with Crippen LogP contribution >= 0.6 is 23.1 Å². The van der Waals surface area contributed by atoms with Crippen molar-refractivity contribution in [3.8, 4) is 11.1 Å². The normalized spacial score (nSPS) is 15.6. The maximum absolute atomic E-state index is 12.8. The number of amides is 1. The highest BCUT2D eigenvalue weighted by Crippen LogP contribution is 2.36. The second-order valence-corrected chi connectivity index (χ2v) is 10.1. The second-order valence-electron chi connectivity index (χ2n) is 8.29. The summed E-state index contributed by atoms with van der Waals surface area (Å²) in [4.78, 5) is 25.4. The third-order valence-electron chi connectivity index (χ3n) is 5.52. The van der Waals surface area contributed by atoms with Crippen molar-refractivity contribution >= 4 is 40.0 Å². The van der Waals surface area contributed by atoms with Crippen molar-refractivity contribution in [1.82, 2.24) is 14.8 Å². The summed E-state index contributed by atoms with van der Waals surface area (Å²) in [7, 11) is 1.34. The molecule has 1 N–H and O–H groups in total. The molecule has 1 unspecified atom stereocenters. The number of nitrogens with zero attached hydrogens (tertiary/aromatic N) is 3. The Kier molecular flexibility index (Phi) is 8.02. The summed E-state index contributed by atoms with van der Waals surface area (Å²) in [6.45, 7) is 5.62. The molecule has 8 nitrogen and oxygen atoms in total. The number of nitrogens with one attached hydrogen (secondary N) is 1. The number of hydrogen-bond donors (Lipinski definition) is 1. The van der Waals surface area contributed by atoms with Crippen LogP contribution in [0.4, 0.5) is 5.00 Å². The van der Waals surface area contributed by atoms with Crippen LogP contribution in [0.3, 0.4) is 0 Å². The van der Waals surface area contributed by atoms with Crippen molar-refractivity contribution in [3.05, 3.63) is 47.1 Å². The molecule has 1 amide bonds. The smallest absolute Gasteiger partial charge is 0.341 e. The largest absolute Gasteiger partial charge is 0.465 e. The number of thioether (sulfide) groups is 1. The number of thiophene rings is 1. The zero-order valence-electron chi connectivity index (χ0n) is 19.4. The third kappa shape index (κ3) is 5.51. The zero-order chi connectivity index (χ0) is 24.1. The van der Waals surface area contributed by atoms with E-state index in [1.165, 1.54) is 30.2 Å². The highest BCUT2D eigenvalue weighted by molar-refractivity contribution is 7.99. The molecular formula is C24H28N4O4S2. The molecule has 0 radical (unpaired) electrons. The minimum Gasteiger partial charge on any atom is -0.465 e. The summed E-state index contributed by atoms with van der Waals surface area (Å²) in [5.41, 5.74) is 1.98. The lowest BCUT2D eigenvalue weighted by Gasteiger charge is -2.16. The van der Waals surface area contributed by atoms with Crippen LogP contribution in [0.2, 0.25) is 0 Å². The molecule has 3 aromatic rings. The average molecular weight is 501 g/mol. The molecule has 0 spiro atoms. The molecule has 0 aliphatic carbocycles. The van der Waals surface area contributed by atoms with Crippen LogP contribution < -0.4 is 5.32 Å². The van der Waals surface area contributed by atoms with Crippen molar-refractivity contribution < 1.29 is 19.1 Å². The zero-order valence-corrected chi connectivity index (χ0v) is 21.1. The van der Waals surface area contributed by atoms with Gasteiger partial charge in [-0.2, -0.15) is 0 Å². The van der Waals surface area contributed by atoms with Gasteiger partial charge in [0.05, 0.1) is 25.5 Å². The monoisotopic (exact) mass is 500 g/mol. The number of aromatic nitrogens is 3. The van der Waals surface area contributed by atoms with Gasteiger partial charge in [0.1, 0.15) is 16.4 Å². The van der Waals surface area contributed by atoms with Gasteiger partial charge in [-0.3, -0.25) is 4.79 Å². The van der Waals surface area contributed by atoms with E-state index in [9.17, 15) is 9.59 Å². The first kappa shape index (κ1) is 24.4. The molecule has 3 heterocycles. The molecule has 1 atom stereocenters. The highest BCUT2D eigenvalue weighted by atomic mass is 32.2. The number of hydrogen-bond acceptors (Lipinski definition) is 8. The minimum absolute atomic E-state index is 0.140. The molecule has 0 saturated carbocycles. The average Bonchev–Trinajstić information content (AvgIpc) is 3.58. The quantitative estimate of drug-likeness (QED) is 0.332. The van der Waals surface area contributed by atoms with E-state index in [1.807, 2.05) is 35.7 Å². The lowest BCUT2D eigenvalue weighted by atomic mass is 10.0. The SMILES string of the molecule is COC(=O)c1c(-c2ccccc2)csc1NC(=O)CSc1nnc(C(C)C)n1CC1CCCO1. The van der Waals surface area contributed by atoms with Crippen LogP contribution in [0.5, 0.6) is 0 Å². The van der Waals surface area contributed by atoms with Gasteiger partial charge in [-0.25, -0.2) is 4.79 Å². The van der Waals surface area contributed by atoms with Crippen LogP contribution in [0.1, 0.15) is 48.8 Å². The number of ether oxygens (including phenoxy) is 2. The van der Waals surface area contributed by atoms with E-state index in [0.29, 0.717) is 22.3 Å². The molecule has 10 heteroatoms. The molecule has 1 fully saturated rings. The number of rotatable bonds is 9. The van der Waals surface area contributed by atoms with Gasteiger partial charge in [0, 0.05) is 23.5 Å². The summed E-state index contributed by atoms with van der Waals surface area (Å²) in [6.07, 6.45) is 2.22. The first-order valence-corrected chi connectivity index (χ1v) is 13.1. The van der Waals surface area contributed by atoms with Crippen LogP contribution in [0.15, 0.2) is 40.9 Å². The predicted molar refractivity (Wildman–Crippen MR) is 134 cm³/mol. The Morgan fingerprint density at radius 2 is 2.09 bits per heavy atom. The lowest BCUT2D eigenvalue weighted by molar-refractivity contribution is -0.113. The van der Waals surface area contributed by atoms with Gasteiger partial charge >= 0.3 is 5.97 Å². The van der Waals surface area contributed by atoms with E-state index >= 15 is 0 Å². The van der Waals surface area contributed by atoms with E-state index in [2.05, 4.69) is 33.9 Å². The fourth-order valence-electron chi connectivity index (χ4n) is 3.88. The summed E-state index contributed by atoms with van der Waals surface area (Å²) in [6, 6.07) is 9.56. The predicted octanol–water partition coefficient (Wildman–Crippen LogP) is 4.83. The second kappa shape index (κ2) is 11.2. The Bertz CT molecular complexity index is 1140. The first-order chi connectivity index (χ1) is 16.5. The Morgan fingerprint density at radius 3 is 2.76 bits per heavy atom. The molecule has 1 aliphatic heterocycles. The lowest BCUT2D eigenvalue weighted by Crippen LogP contribution is -2.19. The topological polar surface area (TPSA) is 95.3 Å². The highest BCUT2D eigenvalue weighted by Gasteiger charge is 2.24. The van der Waals surface area contributed by atoms with Gasteiger partial charge in [-0.15, -0.1) is 21.5 Å². The van der Waals surface area contributed by atoms with E-state index < -0.39 is 5.97 Å². The van der Waals surface area contributed by atoms with Crippen molar-refractivity contribution in [2.45, 2.75) is 50.4 Å². The Balaban J connectivity index is 1.48. The van der Waals surface area contributed by atoms with Gasteiger partial charge in [0.15, 0.2) is 5.16 Å². The van der Waals surface area contributed by atoms with Crippen molar-refractivity contribution in [1.29, 1.82) is 0 Å². The fraction of sp³-hybridized carbons (Fsp3) is 0.417. The summed E-state index contributed by atoms with van der Waals surface area (Å²) in [5, 5.41) is 14.6. The number of carbonyl (C=O) groups excluding carboxylic acids is 2. The van der Waals surface area contributed by atoms with Crippen LogP contribution in [-0.4, -0.2) is 52.2 Å². The maximum atomic E-state index is 12.8. The van der Waals surface area contributed by atoms with E-state index in [-0.39, 0.29) is 23.7 Å². The van der Waals surface area contributed by atoms with Gasteiger partial charge in [0.2, 0.25) is 5.91 Å². The van der Waals surface area contributed by atoms with Gasteiger partial charge in [-0.1, -0.05) is 55.9 Å². The summed E-state index contributed by atoms with van der Waals surface area (Å²) < 4.78 is 12.9. The number of esters is 1. The molecule has 0 bridgehead atoms. The molecular weight excluding hydrogens is 472 g/mol. The minimum atomic E-state index is -0.485. The van der Waals surface area contributed by atoms with E-state index in [4.69, 9.17) is 9.47 Å². The summed E-state index contributed by atoms with van der Waals surface area (Å²) >= 11 is 2.63. The number of methoxy groups -OCH3 is 1. The molecule has 1 aliphatic rings. The fourth-order valence-corrected chi connectivity index (χ4v) is 5.60. The maximum Gasteiger partial charge on any atom is 0.341 e. The Labute approximate surface area is 207 Å². The van der Waals surface area contributed by atoms with Crippen LogP contribution in [0, 0.1) is 0 Å². The van der Waals surface area contributed by atoms with E-state index in [0.717, 1.165) is 36.4 Å². The molecule has 1 aromatic carbocycles. The third-order valence-corrected chi connectivity index (χ3v) is 7.38. The van der Waals surface area contributed by atoms with E-state index in [1.54, 1.807) is 0 Å². The molecule has 1 saturated heterocycles. The molecule has 180 valence electrons. The van der Waals surface area contributed by atoms with Crippen LogP contribution in [-0.2, 0) is 20.8 Å².